The lowest BCUT2D eigenvalue weighted by molar-refractivity contribution is -0.143. The molecule has 2 heterocycles. The van der Waals surface area contributed by atoms with Gasteiger partial charge in [0.1, 0.15) is 22.9 Å². The van der Waals surface area contributed by atoms with Gasteiger partial charge in [-0.1, -0.05) is 24.3 Å². The third-order valence-corrected chi connectivity index (χ3v) is 5.18. The third kappa shape index (κ3) is 3.15. The Morgan fingerprint density at radius 2 is 1.93 bits per heavy atom. The van der Waals surface area contributed by atoms with Crippen LogP contribution in [0.1, 0.15) is 25.2 Å². The summed E-state index contributed by atoms with van der Waals surface area (Å²) in [4.78, 5) is 19.6. The van der Waals surface area contributed by atoms with Gasteiger partial charge in [-0.05, 0) is 43.7 Å². The number of halogens is 1. The Balaban J connectivity index is 1.65. The molecule has 2 aromatic carbocycles. The number of imidazole rings is 1. The zero-order valence-electron chi connectivity index (χ0n) is 16.1. The molecule has 0 aliphatic carbocycles. The molecule has 3 aromatic rings. The van der Waals surface area contributed by atoms with Crippen LogP contribution in [0, 0.1) is 5.82 Å². The normalized spacial score (nSPS) is 15.4. The summed E-state index contributed by atoms with van der Waals surface area (Å²) in [5, 5.41) is 0. The van der Waals surface area contributed by atoms with Gasteiger partial charge < -0.3 is 14.2 Å². The summed E-state index contributed by atoms with van der Waals surface area (Å²) in [6, 6.07) is 14.0. The Kier molecular flexibility index (Phi) is 4.41. The molecule has 28 heavy (non-hydrogen) atoms. The second-order valence-electron chi connectivity index (χ2n) is 7.49. The molecule has 0 saturated carbocycles. The van der Waals surface area contributed by atoms with Crippen LogP contribution in [0.4, 0.5) is 4.39 Å². The van der Waals surface area contributed by atoms with Crippen molar-refractivity contribution in [3.8, 4) is 17.0 Å². The summed E-state index contributed by atoms with van der Waals surface area (Å²) in [6.45, 7) is 4.67. The molecule has 1 amide bonds. The van der Waals surface area contributed by atoms with E-state index in [4.69, 9.17) is 9.72 Å². The first kappa shape index (κ1) is 18.2. The molecule has 0 bridgehead atoms. The van der Waals surface area contributed by atoms with E-state index in [1.54, 1.807) is 18.1 Å². The highest BCUT2D eigenvalue weighted by Crippen LogP contribution is 2.32. The van der Waals surface area contributed by atoms with Crippen LogP contribution in [0.25, 0.3) is 11.3 Å². The number of ether oxygens (including phenoxy) is 1. The first-order chi connectivity index (χ1) is 13.4. The molecular formula is C22H22FN3O2. The summed E-state index contributed by atoms with van der Waals surface area (Å²) in [5.74, 6) is 1.29. The molecule has 0 saturated heterocycles. The summed E-state index contributed by atoms with van der Waals surface area (Å²) >= 11 is 0. The van der Waals surface area contributed by atoms with E-state index in [9.17, 15) is 9.18 Å². The van der Waals surface area contributed by atoms with Crippen LogP contribution in [0.5, 0.6) is 5.75 Å². The Morgan fingerprint density at radius 1 is 1.18 bits per heavy atom. The summed E-state index contributed by atoms with van der Waals surface area (Å²) < 4.78 is 20.7. The van der Waals surface area contributed by atoms with Crippen LogP contribution in [-0.4, -0.2) is 27.5 Å². The average Bonchev–Trinajstić information content (AvgIpc) is 3.12. The minimum Gasteiger partial charge on any atom is -0.497 e. The van der Waals surface area contributed by atoms with Gasteiger partial charge in [0.15, 0.2) is 0 Å². The summed E-state index contributed by atoms with van der Waals surface area (Å²) in [7, 11) is 1.63. The molecule has 0 spiro atoms. The fourth-order valence-electron chi connectivity index (χ4n) is 3.61. The molecular weight excluding hydrogens is 357 g/mol. The van der Waals surface area contributed by atoms with Gasteiger partial charge in [0.05, 0.1) is 19.3 Å². The van der Waals surface area contributed by atoms with Crippen molar-refractivity contribution in [3.05, 3.63) is 71.9 Å². The number of amides is 1. The zero-order valence-corrected chi connectivity index (χ0v) is 16.1. The first-order valence-electron chi connectivity index (χ1n) is 9.15. The largest absolute Gasteiger partial charge is 0.497 e. The Morgan fingerprint density at radius 3 is 2.61 bits per heavy atom. The van der Waals surface area contributed by atoms with Crippen LogP contribution in [0.3, 0.4) is 0 Å². The number of hydrogen-bond donors (Lipinski definition) is 0. The number of hydrogen-bond acceptors (Lipinski definition) is 3. The maximum atomic E-state index is 13.6. The van der Waals surface area contributed by atoms with Gasteiger partial charge in [-0.2, -0.15) is 0 Å². The van der Waals surface area contributed by atoms with Gasteiger partial charge in [0.25, 0.3) is 0 Å². The molecule has 144 valence electrons. The van der Waals surface area contributed by atoms with Crippen LogP contribution < -0.4 is 4.74 Å². The molecule has 0 atom stereocenters. The highest BCUT2D eigenvalue weighted by atomic mass is 19.1. The predicted molar refractivity (Wildman–Crippen MR) is 104 cm³/mol. The summed E-state index contributed by atoms with van der Waals surface area (Å²) in [5.41, 5.74) is 1.63. The van der Waals surface area contributed by atoms with E-state index in [1.165, 1.54) is 12.1 Å². The first-order valence-corrected chi connectivity index (χ1v) is 9.15. The monoisotopic (exact) mass is 379 g/mol. The SMILES string of the molecule is COc1ccc(CN2Cc3nc(-c4cccc(F)c4)cn3C(C)(C)C2=O)cc1. The second kappa shape index (κ2) is 6.78. The molecule has 1 aliphatic rings. The van der Waals surface area contributed by atoms with E-state index in [0.717, 1.165) is 17.1 Å². The van der Waals surface area contributed by atoms with Crippen LogP contribution in [-0.2, 0) is 23.4 Å². The molecule has 5 nitrogen and oxygen atoms in total. The van der Waals surface area contributed by atoms with Crippen molar-refractivity contribution in [2.24, 2.45) is 0 Å². The van der Waals surface area contributed by atoms with E-state index in [2.05, 4.69) is 0 Å². The van der Waals surface area contributed by atoms with E-state index < -0.39 is 5.54 Å². The maximum absolute atomic E-state index is 13.6. The summed E-state index contributed by atoms with van der Waals surface area (Å²) in [6.07, 6.45) is 1.84. The fraction of sp³-hybridized carbons (Fsp3) is 0.273. The number of carbonyl (C=O) groups excluding carboxylic acids is 1. The highest BCUT2D eigenvalue weighted by molar-refractivity contribution is 5.85. The van der Waals surface area contributed by atoms with Gasteiger partial charge in [0, 0.05) is 18.3 Å². The van der Waals surface area contributed by atoms with Gasteiger partial charge >= 0.3 is 0 Å². The van der Waals surface area contributed by atoms with Crippen molar-refractivity contribution >= 4 is 5.91 Å². The van der Waals surface area contributed by atoms with Crippen LogP contribution >= 0.6 is 0 Å². The lowest BCUT2D eigenvalue weighted by Crippen LogP contribution is -2.51. The van der Waals surface area contributed by atoms with Crippen molar-refractivity contribution < 1.29 is 13.9 Å². The topological polar surface area (TPSA) is 47.4 Å². The van der Waals surface area contributed by atoms with Crippen LogP contribution in [0.15, 0.2) is 54.7 Å². The predicted octanol–water partition coefficient (Wildman–Crippen LogP) is 3.98. The van der Waals surface area contributed by atoms with Crippen molar-refractivity contribution in [2.75, 3.05) is 7.11 Å². The van der Waals surface area contributed by atoms with Gasteiger partial charge in [-0.3, -0.25) is 4.79 Å². The van der Waals surface area contributed by atoms with Crippen molar-refractivity contribution in [2.45, 2.75) is 32.5 Å². The lowest BCUT2D eigenvalue weighted by Gasteiger charge is -2.38. The minimum absolute atomic E-state index is 0.0269. The van der Waals surface area contributed by atoms with E-state index in [1.807, 2.05) is 54.9 Å². The number of fused-ring (bicyclic) bond motifs is 1. The molecule has 0 unspecified atom stereocenters. The Hall–Kier alpha value is -3.15. The second-order valence-corrected chi connectivity index (χ2v) is 7.49. The number of carbonyl (C=O) groups is 1. The Labute approximate surface area is 163 Å². The number of methoxy groups -OCH3 is 1. The quantitative estimate of drug-likeness (QED) is 0.689. The fourth-order valence-corrected chi connectivity index (χ4v) is 3.61. The molecule has 6 heteroatoms. The minimum atomic E-state index is -0.765. The molecule has 1 aromatic heterocycles. The number of aromatic nitrogens is 2. The molecule has 1 aliphatic heterocycles. The number of rotatable bonds is 4. The number of benzene rings is 2. The van der Waals surface area contributed by atoms with Crippen molar-refractivity contribution in [3.63, 3.8) is 0 Å². The highest BCUT2D eigenvalue weighted by Gasteiger charge is 2.40. The van der Waals surface area contributed by atoms with E-state index in [-0.39, 0.29) is 11.7 Å². The number of nitrogens with zero attached hydrogens (tertiary/aromatic N) is 3. The van der Waals surface area contributed by atoms with E-state index in [0.29, 0.717) is 24.3 Å². The molecule has 0 radical (unpaired) electrons. The lowest BCUT2D eigenvalue weighted by atomic mass is 9.99. The molecule has 0 fully saturated rings. The van der Waals surface area contributed by atoms with Gasteiger partial charge in [-0.25, -0.2) is 9.37 Å². The average molecular weight is 379 g/mol. The maximum Gasteiger partial charge on any atom is 0.248 e. The van der Waals surface area contributed by atoms with E-state index >= 15 is 0 Å². The van der Waals surface area contributed by atoms with Gasteiger partial charge in [0.2, 0.25) is 5.91 Å². The van der Waals surface area contributed by atoms with Crippen molar-refractivity contribution in [1.29, 1.82) is 0 Å². The van der Waals surface area contributed by atoms with Crippen molar-refractivity contribution in [1.82, 2.24) is 14.5 Å². The Bertz CT molecular complexity index is 1020. The molecule has 4 rings (SSSR count). The standard InChI is InChI=1S/C22H22FN3O2/c1-22(2)21(27)25(12-15-7-9-18(28-3)10-8-15)14-20-24-19(13-26(20)22)16-5-4-6-17(23)11-16/h4-11,13H,12,14H2,1-3H3. The van der Waals surface area contributed by atoms with Gasteiger partial charge in [-0.15, -0.1) is 0 Å². The third-order valence-electron chi connectivity index (χ3n) is 5.18. The zero-order chi connectivity index (χ0) is 19.9. The van der Waals surface area contributed by atoms with Crippen LogP contribution in [0.2, 0.25) is 0 Å². The smallest absolute Gasteiger partial charge is 0.248 e. The molecule has 0 N–H and O–H groups in total.